The van der Waals surface area contributed by atoms with Crippen LogP contribution in [0.15, 0.2) is 46.7 Å². The van der Waals surface area contributed by atoms with Gasteiger partial charge in [0.2, 0.25) is 0 Å². The summed E-state index contributed by atoms with van der Waals surface area (Å²) in [4.78, 5) is 49.9. The largest absolute Gasteiger partial charge is 0.460 e. The summed E-state index contributed by atoms with van der Waals surface area (Å²) in [7, 11) is 1.43. The molecule has 0 bridgehead atoms. The molecule has 204 valence electrons. The Kier molecular flexibility index (Phi) is 13.3. The SMILES string of the molecule is COCCOC(=O)/C(=C(\C)NC(=O)OCCCl)C(C(C(=O)OC(C)C)=C(C)C)c1cccc([N+](=O)[O-])c1. The highest BCUT2D eigenvalue weighted by atomic mass is 35.5. The van der Waals surface area contributed by atoms with Crippen LogP contribution in [0.25, 0.3) is 0 Å². The van der Waals surface area contributed by atoms with Crippen LogP contribution < -0.4 is 5.32 Å². The third kappa shape index (κ3) is 9.85. The van der Waals surface area contributed by atoms with E-state index in [0.717, 1.165) is 0 Å². The number of hydrogen-bond donors (Lipinski definition) is 1. The van der Waals surface area contributed by atoms with Crippen LogP contribution in [0.3, 0.4) is 0 Å². The summed E-state index contributed by atoms with van der Waals surface area (Å²) >= 11 is 5.57. The van der Waals surface area contributed by atoms with E-state index in [2.05, 4.69) is 5.32 Å². The first kappa shape index (κ1) is 31.6. The Labute approximate surface area is 220 Å². The second-order valence-corrected chi connectivity index (χ2v) is 8.65. The Balaban J connectivity index is 3.91. The van der Waals surface area contributed by atoms with E-state index >= 15 is 0 Å². The van der Waals surface area contributed by atoms with Crippen LogP contribution in [0.1, 0.15) is 46.1 Å². The monoisotopic (exact) mass is 540 g/mol. The lowest BCUT2D eigenvalue weighted by Gasteiger charge is -2.26. The number of benzene rings is 1. The van der Waals surface area contributed by atoms with Crippen LogP contribution in [-0.4, -0.2) is 61.9 Å². The van der Waals surface area contributed by atoms with Crippen molar-refractivity contribution >= 4 is 35.3 Å². The minimum Gasteiger partial charge on any atom is -0.460 e. The van der Waals surface area contributed by atoms with Crippen LogP contribution in [0.5, 0.6) is 0 Å². The molecule has 1 unspecified atom stereocenters. The van der Waals surface area contributed by atoms with Crippen LogP contribution in [0.4, 0.5) is 10.5 Å². The summed E-state index contributed by atoms with van der Waals surface area (Å²) in [6.45, 7) is 7.94. The zero-order valence-corrected chi connectivity index (χ0v) is 22.5. The first-order valence-electron chi connectivity index (χ1n) is 11.4. The zero-order chi connectivity index (χ0) is 28.1. The van der Waals surface area contributed by atoms with Gasteiger partial charge >= 0.3 is 18.0 Å². The van der Waals surface area contributed by atoms with E-state index in [1.54, 1.807) is 27.7 Å². The molecule has 1 rings (SSSR count). The highest BCUT2D eigenvalue weighted by molar-refractivity contribution is 6.18. The summed E-state index contributed by atoms with van der Waals surface area (Å²) in [5, 5.41) is 14.0. The summed E-state index contributed by atoms with van der Waals surface area (Å²) in [5.74, 6) is -2.74. The molecular weight excluding hydrogens is 508 g/mol. The van der Waals surface area contributed by atoms with Crippen molar-refractivity contribution in [2.45, 2.75) is 46.6 Å². The number of rotatable bonds is 13. The van der Waals surface area contributed by atoms with Gasteiger partial charge in [0, 0.05) is 30.5 Å². The molecule has 0 saturated heterocycles. The third-order valence-electron chi connectivity index (χ3n) is 4.84. The molecule has 1 aromatic carbocycles. The molecule has 1 atom stereocenters. The summed E-state index contributed by atoms with van der Waals surface area (Å²) < 4.78 is 20.7. The Bertz CT molecular complexity index is 1050. The lowest BCUT2D eigenvalue weighted by atomic mass is 9.81. The van der Waals surface area contributed by atoms with E-state index in [4.69, 9.17) is 30.5 Å². The normalized spacial score (nSPS) is 12.2. The molecule has 37 heavy (non-hydrogen) atoms. The first-order chi connectivity index (χ1) is 17.4. The van der Waals surface area contributed by atoms with Gasteiger partial charge in [-0.1, -0.05) is 17.7 Å². The molecule has 0 heterocycles. The average molecular weight is 541 g/mol. The number of hydrogen-bond acceptors (Lipinski definition) is 9. The van der Waals surface area contributed by atoms with Gasteiger partial charge in [-0.3, -0.25) is 15.4 Å². The lowest BCUT2D eigenvalue weighted by Crippen LogP contribution is -2.30. The Hall–Kier alpha value is -3.44. The number of amides is 1. The molecule has 1 N–H and O–H groups in total. The number of nitrogens with one attached hydrogen (secondary N) is 1. The molecule has 1 aromatic rings. The van der Waals surface area contributed by atoms with Crippen molar-refractivity contribution in [2.24, 2.45) is 0 Å². The van der Waals surface area contributed by atoms with E-state index in [-0.39, 0.29) is 53.8 Å². The van der Waals surface area contributed by atoms with Gasteiger partial charge in [0.05, 0.1) is 35.0 Å². The molecule has 0 fully saturated rings. The van der Waals surface area contributed by atoms with Crippen molar-refractivity contribution in [1.29, 1.82) is 0 Å². The number of carbonyl (C=O) groups is 3. The standard InChI is InChI=1S/C25H33ClN2O9/c1-15(2)20(24(30)37-16(3)4)22(18-8-7-9-19(14-18)28(32)33)21(23(29)35-13-12-34-6)17(5)27-25(31)36-11-10-26/h7-9,14,16,22H,10-13H2,1-6H3,(H,27,31)/b21-17+. The van der Waals surface area contributed by atoms with Crippen molar-refractivity contribution in [3.05, 3.63) is 62.4 Å². The van der Waals surface area contributed by atoms with Crippen molar-refractivity contribution in [3.8, 4) is 0 Å². The second-order valence-electron chi connectivity index (χ2n) is 8.27. The highest BCUT2D eigenvalue weighted by Crippen LogP contribution is 2.38. The number of nitro groups is 1. The van der Waals surface area contributed by atoms with E-state index in [1.165, 1.54) is 38.3 Å². The summed E-state index contributed by atoms with van der Waals surface area (Å²) in [5.41, 5.74) is 0.392. The Morgan fingerprint density at radius 1 is 1.03 bits per heavy atom. The van der Waals surface area contributed by atoms with Gasteiger partial charge in [0.25, 0.3) is 5.69 Å². The van der Waals surface area contributed by atoms with E-state index in [9.17, 15) is 24.5 Å². The molecule has 0 aliphatic rings. The van der Waals surface area contributed by atoms with Gasteiger partial charge in [-0.25, -0.2) is 14.4 Å². The fraction of sp³-hybridized carbons (Fsp3) is 0.480. The Morgan fingerprint density at radius 2 is 1.70 bits per heavy atom. The fourth-order valence-electron chi connectivity index (χ4n) is 3.35. The number of allylic oxidation sites excluding steroid dienone is 2. The molecule has 0 spiro atoms. The van der Waals surface area contributed by atoms with Crippen molar-refractivity contribution in [1.82, 2.24) is 5.32 Å². The minimum atomic E-state index is -1.19. The van der Waals surface area contributed by atoms with Gasteiger partial charge in [-0.2, -0.15) is 0 Å². The highest BCUT2D eigenvalue weighted by Gasteiger charge is 2.36. The lowest BCUT2D eigenvalue weighted by molar-refractivity contribution is -0.384. The Morgan fingerprint density at radius 3 is 2.24 bits per heavy atom. The predicted molar refractivity (Wildman–Crippen MR) is 136 cm³/mol. The van der Waals surface area contributed by atoms with Gasteiger partial charge in [0.15, 0.2) is 0 Å². The number of non-ortho nitro benzene ring substituents is 1. The minimum absolute atomic E-state index is 0.00888. The quantitative estimate of drug-likeness (QED) is 0.0732. The summed E-state index contributed by atoms with van der Waals surface area (Å²) in [6, 6.07) is 5.49. The number of alkyl carbamates (subject to hydrolysis) is 1. The first-order valence-corrected chi connectivity index (χ1v) is 12.0. The van der Waals surface area contributed by atoms with Crippen LogP contribution in [0, 0.1) is 10.1 Å². The van der Waals surface area contributed by atoms with Crippen LogP contribution >= 0.6 is 11.6 Å². The third-order valence-corrected chi connectivity index (χ3v) is 4.99. The molecule has 0 aliphatic heterocycles. The van der Waals surface area contributed by atoms with Crippen molar-refractivity contribution in [3.63, 3.8) is 0 Å². The fourth-order valence-corrected chi connectivity index (χ4v) is 3.43. The predicted octanol–water partition coefficient (Wildman–Crippen LogP) is 4.40. The number of carbonyl (C=O) groups excluding carboxylic acids is 3. The molecule has 0 aliphatic carbocycles. The molecule has 12 heteroatoms. The van der Waals surface area contributed by atoms with Gasteiger partial charge < -0.3 is 18.9 Å². The van der Waals surface area contributed by atoms with Gasteiger partial charge in [-0.05, 0) is 40.2 Å². The number of esters is 2. The van der Waals surface area contributed by atoms with E-state index in [0.29, 0.717) is 5.57 Å². The van der Waals surface area contributed by atoms with Gasteiger partial charge in [0.1, 0.15) is 13.2 Å². The maximum Gasteiger partial charge on any atom is 0.411 e. The van der Waals surface area contributed by atoms with E-state index in [1.807, 2.05) is 0 Å². The zero-order valence-electron chi connectivity index (χ0n) is 21.8. The average Bonchev–Trinajstić information content (AvgIpc) is 2.81. The van der Waals surface area contributed by atoms with Crippen LogP contribution in [0.2, 0.25) is 0 Å². The van der Waals surface area contributed by atoms with E-state index < -0.39 is 35.0 Å². The number of halogens is 1. The molecule has 0 aromatic heterocycles. The van der Waals surface area contributed by atoms with Gasteiger partial charge in [-0.15, -0.1) is 11.6 Å². The second kappa shape index (κ2) is 15.6. The van der Waals surface area contributed by atoms with Crippen LogP contribution in [-0.2, 0) is 28.5 Å². The van der Waals surface area contributed by atoms with Crippen molar-refractivity contribution < 1.29 is 38.3 Å². The molecule has 0 saturated carbocycles. The molecular formula is C25H33ClN2O9. The maximum absolute atomic E-state index is 13.4. The van der Waals surface area contributed by atoms with Crippen molar-refractivity contribution in [2.75, 3.05) is 32.8 Å². The number of methoxy groups -OCH3 is 1. The maximum atomic E-state index is 13.4. The molecule has 11 nitrogen and oxygen atoms in total. The molecule has 0 radical (unpaired) electrons. The summed E-state index contributed by atoms with van der Waals surface area (Å²) in [6.07, 6.45) is -1.37. The topological polar surface area (TPSA) is 143 Å². The number of alkyl halides is 1. The molecule has 1 amide bonds. The smallest absolute Gasteiger partial charge is 0.411 e. The number of nitro benzene ring substituents is 1. The number of nitrogens with zero attached hydrogens (tertiary/aromatic N) is 1. The number of ether oxygens (including phenoxy) is 4.